The molecule has 4 aromatic rings. The van der Waals surface area contributed by atoms with Gasteiger partial charge >= 0.3 is 0 Å². The number of carbonyl (C=O) groups excluding carboxylic acids is 1. The summed E-state index contributed by atoms with van der Waals surface area (Å²) in [6, 6.07) is 11.5. The van der Waals surface area contributed by atoms with Gasteiger partial charge in [-0.05, 0) is 24.3 Å². The summed E-state index contributed by atoms with van der Waals surface area (Å²) in [5, 5.41) is 11.2. The smallest absolute Gasteiger partial charge is 0.241 e. The Balaban J connectivity index is 1.57. The molecule has 0 unspecified atom stereocenters. The molecular weight excluding hydrogens is 382 g/mol. The Morgan fingerprint density at radius 3 is 2.80 bits per heavy atom. The van der Waals surface area contributed by atoms with E-state index in [4.69, 9.17) is 9.72 Å². The van der Waals surface area contributed by atoms with E-state index in [0.717, 1.165) is 22.2 Å². The van der Waals surface area contributed by atoms with Crippen molar-refractivity contribution >= 4 is 28.3 Å². The summed E-state index contributed by atoms with van der Waals surface area (Å²) in [4.78, 5) is 25.4. The standard InChI is InChI=1S/C21H21N7O2/c1-30-11-10-23-19(29)14-28-13-16(12-24-28)25-21-17-4-2-3-5-18(17)26-20(27-21)15-6-8-22-9-7-15/h2-9,12-13H,10-11,14H2,1H3,(H,23,29)(H,25,26,27). The molecule has 2 N–H and O–H groups in total. The van der Waals surface area contributed by atoms with Gasteiger partial charge in [-0.2, -0.15) is 5.10 Å². The summed E-state index contributed by atoms with van der Waals surface area (Å²) in [5.41, 5.74) is 2.43. The maximum Gasteiger partial charge on any atom is 0.241 e. The number of ether oxygens (including phenoxy) is 1. The Kier molecular flexibility index (Phi) is 5.90. The highest BCUT2D eigenvalue weighted by atomic mass is 16.5. The van der Waals surface area contributed by atoms with Gasteiger partial charge in [0.1, 0.15) is 12.4 Å². The molecule has 3 heterocycles. The van der Waals surface area contributed by atoms with Crippen LogP contribution >= 0.6 is 0 Å². The first-order valence-corrected chi connectivity index (χ1v) is 9.45. The van der Waals surface area contributed by atoms with Crippen LogP contribution in [0.15, 0.2) is 61.2 Å². The van der Waals surface area contributed by atoms with Crippen molar-refractivity contribution in [2.24, 2.45) is 0 Å². The Labute approximate surface area is 173 Å². The lowest BCUT2D eigenvalue weighted by Crippen LogP contribution is -2.30. The highest BCUT2D eigenvalue weighted by Gasteiger charge is 2.11. The molecule has 0 spiro atoms. The van der Waals surface area contributed by atoms with Crippen LogP contribution in [-0.2, 0) is 16.1 Å². The van der Waals surface area contributed by atoms with E-state index in [9.17, 15) is 4.79 Å². The second-order valence-corrected chi connectivity index (χ2v) is 6.54. The maximum absolute atomic E-state index is 12.0. The predicted octanol–water partition coefficient (Wildman–Crippen LogP) is 2.39. The molecule has 0 fully saturated rings. The van der Waals surface area contributed by atoms with E-state index >= 15 is 0 Å². The van der Waals surface area contributed by atoms with Crippen molar-refractivity contribution in [3.63, 3.8) is 0 Å². The average Bonchev–Trinajstić information content (AvgIpc) is 3.21. The van der Waals surface area contributed by atoms with E-state index in [1.165, 1.54) is 0 Å². The van der Waals surface area contributed by atoms with Crippen molar-refractivity contribution in [3.8, 4) is 11.4 Å². The molecule has 3 aromatic heterocycles. The molecule has 0 aliphatic heterocycles. The minimum Gasteiger partial charge on any atom is -0.383 e. The SMILES string of the molecule is COCCNC(=O)Cn1cc(Nc2nc(-c3ccncc3)nc3ccccc23)cn1. The van der Waals surface area contributed by atoms with Crippen LogP contribution in [0.3, 0.4) is 0 Å². The van der Waals surface area contributed by atoms with Gasteiger partial charge in [0, 0.05) is 43.2 Å². The summed E-state index contributed by atoms with van der Waals surface area (Å²) in [5.74, 6) is 1.13. The van der Waals surface area contributed by atoms with E-state index in [0.29, 0.717) is 24.8 Å². The number of aromatic nitrogens is 5. The molecule has 152 valence electrons. The number of fused-ring (bicyclic) bond motifs is 1. The van der Waals surface area contributed by atoms with Gasteiger partial charge in [-0.25, -0.2) is 9.97 Å². The maximum atomic E-state index is 12.0. The van der Waals surface area contributed by atoms with Crippen molar-refractivity contribution in [2.45, 2.75) is 6.54 Å². The summed E-state index contributed by atoms with van der Waals surface area (Å²) >= 11 is 0. The third kappa shape index (κ3) is 4.58. The quantitative estimate of drug-likeness (QED) is 0.435. The van der Waals surface area contributed by atoms with Gasteiger partial charge in [-0.15, -0.1) is 0 Å². The minimum atomic E-state index is -0.130. The lowest BCUT2D eigenvalue weighted by Gasteiger charge is -2.09. The monoisotopic (exact) mass is 403 g/mol. The largest absolute Gasteiger partial charge is 0.383 e. The number of rotatable bonds is 8. The number of hydrogen-bond acceptors (Lipinski definition) is 7. The zero-order valence-electron chi connectivity index (χ0n) is 16.4. The summed E-state index contributed by atoms with van der Waals surface area (Å²) in [7, 11) is 1.59. The predicted molar refractivity (Wildman–Crippen MR) is 113 cm³/mol. The number of amides is 1. The van der Waals surface area contributed by atoms with Crippen LogP contribution in [0, 0.1) is 0 Å². The second-order valence-electron chi connectivity index (χ2n) is 6.54. The molecule has 0 saturated heterocycles. The summed E-state index contributed by atoms with van der Waals surface area (Å²) in [6.07, 6.45) is 6.84. The summed E-state index contributed by atoms with van der Waals surface area (Å²) < 4.78 is 6.49. The van der Waals surface area contributed by atoms with Crippen LogP contribution < -0.4 is 10.6 Å². The Bertz CT molecular complexity index is 1140. The normalized spacial score (nSPS) is 10.8. The lowest BCUT2D eigenvalue weighted by molar-refractivity contribution is -0.122. The zero-order chi connectivity index (χ0) is 20.8. The molecule has 0 aliphatic rings. The molecule has 0 radical (unpaired) electrons. The molecule has 9 nitrogen and oxygen atoms in total. The Morgan fingerprint density at radius 1 is 1.13 bits per heavy atom. The number of nitrogens with zero attached hydrogens (tertiary/aromatic N) is 5. The van der Waals surface area contributed by atoms with Crippen LogP contribution in [0.25, 0.3) is 22.3 Å². The number of pyridine rings is 1. The van der Waals surface area contributed by atoms with Crippen molar-refractivity contribution in [2.75, 3.05) is 25.6 Å². The number of hydrogen-bond donors (Lipinski definition) is 2. The van der Waals surface area contributed by atoms with Gasteiger partial charge in [-0.1, -0.05) is 12.1 Å². The molecule has 0 saturated carbocycles. The Morgan fingerprint density at radius 2 is 1.97 bits per heavy atom. The van der Waals surface area contributed by atoms with E-state index in [1.54, 1.807) is 36.6 Å². The van der Waals surface area contributed by atoms with E-state index < -0.39 is 0 Å². The minimum absolute atomic E-state index is 0.123. The molecular formula is C21H21N7O2. The van der Waals surface area contributed by atoms with Crippen LogP contribution in [0.2, 0.25) is 0 Å². The third-order valence-corrected chi connectivity index (χ3v) is 4.37. The lowest BCUT2D eigenvalue weighted by atomic mass is 10.2. The van der Waals surface area contributed by atoms with Crippen LogP contribution in [-0.4, -0.2) is 50.9 Å². The number of benzene rings is 1. The number of para-hydroxylation sites is 1. The van der Waals surface area contributed by atoms with Crippen LogP contribution in [0.1, 0.15) is 0 Å². The van der Waals surface area contributed by atoms with Crippen molar-refractivity contribution in [3.05, 3.63) is 61.2 Å². The van der Waals surface area contributed by atoms with Gasteiger partial charge in [-0.3, -0.25) is 14.5 Å². The second kappa shape index (κ2) is 9.10. The molecule has 1 amide bonds. The van der Waals surface area contributed by atoms with Crippen molar-refractivity contribution in [1.29, 1.82) is 0 Å². The topological polar surface area (TPSA) is 107 Å². The first-order valence-electron chi connectivity index (χ1n) is 9.45. The molecule has 0 bridgehead atoms. The van der Waals surface area contributed by atoms with Gasteiger partial charge in [0.15, 0.2) is 5.82 Å². The number of anilines is 2. The molecule has 30 heavy (non-hydrogen) atoms. The fraction of sp³-hybridized carbons (Fsp3) is 0.190. The van der Waals surface area contributed by atoms with Crippen molar-refractivity contribution in [1.82, 2.24) is 30.0 Å². The highest BCUT2D eigenvalue weighted by molar-refractivity contribution is 5.92. The number of carbonyl (C=O) groups is 1. The molecule has 4 rings (SSSR count). The van der Waals surface area contributed by atoms with E-state index in [2.05, 4.69) is 25.7 Å². The van der Waals surface area contributed by atoms with Gasteiger partial charge < -0.3 is 15.4 Å². The molecule has 0 aliphatic carbocycles. The molecule has 1 aromatic carbocycles. The first-order chi connectivity index (χ1) is 14.7. The Hall–Kier alpha value is -3.85. The average molecular weight is 403 g/mol. The molecule has 0 atom stereocenters. The fourth-order valence-electron chi connectivity index (χ4n) is 2.95. The van der Waals surface area contributed by atoms with Crippen molar-refractivity contribution < 1.29 is 9.53 Å². The van der Waals surface area contributed by atoms with E-state index in [-0.39, 0.29) is 12.5 Å². The van der Waals surface area contributed by atoms with Gasteiger partial charge in [0.25, 0.3) is 0 Å². The number of methoxy groups -OCH3 is 1. The first kappa shape index (κ1) is 19.5. The molecule has 9 heteroatoms. The summed E-state index contributed by atoms with van der Waals surface area (Å²) in [6.45, 7) is 1.06. The van der Waals surface area contributed by atoms with Crippen LogP contribution in [0.5, 0.6) is 0 Å². The van der Waals surface area contributed by atoms with E-state index in [1.807, 2.05) is 36.4 Å². The van der Waals surface area contributed by atoms with Gasteiger partial charge in [0.05, 0.1) is 24.0 Å². The highest BCUT2D eigenvalue weighted by Crippen LogP contribution is 2.26. The van der Waals surface area contributed by atoms with Crippen LogP contribution in [0.4, 0.5) is 11.5 Å². The zero-order valence-corrected chi connectivity index (χ0v) is 16.4. The number of nitrogens with one attached hydrogen (secondary N) is 2. The van der Waals surface area contributed by atoms with Gasteiger partial charge in [0.2, 0.25) is 5.91 Å². The fourth-order valence-corrected chi connectivity index (χ4v) is 2.95. The third-order valence-electron chi connectivity index (χ3n) is 4.37.